The van der Waals surface area contributed by atoms with E-state index >= 15 is 0 Å². The number of rotatable bonds is 71. The molecule has 0 spiro atoms. The number of carbonyl (C=O) groups excluding carboxylic acids is 2. The molecular weight excluding hydrogens is 1010 g/mol. The first-order valence-corrected chi connectivity index (χ1v) is 37.6. The van der Waals surface area contributed by atoms with Crippen molar-refractivity contribution in [2.45, 2.75) is 437 Å². The summed E-state index contributed by atoms with van der Waals surface area (Å²) in [6.07, 6.45) is 91.0. The highest BCUT2D eigenvalue weighted by atomic mass is 16.5. The number of nitrogens with one attached hydrogen (secondary N) is 1. The maximum absolute atomic E-state index is 12.5. The van der Waals surface area contributed by atoms with Gasteiger partial charge in [-0.3, -0.25) is 9.59 Å². The van der Waals surface area contributed by atoms with E-state index in [9.17, 15) is 19.8 Å². The first-order valence-electron chi connectivity index (χ1n) is 37.6. The van der Waals surface area contributed by atoms with Gasteiger partial charge in [0.25, 0.3) is 0 Å². The molecule has 0 saturated heterocycles. The number of ether oxygens (including phenoxy) is 1. The number of unbranched alkanes of at least 4 members (excludes halogenated alkanes) is 56. The second kappa shape index (κ2) is 71.8. The maximum Gasteiger partial charge on any atom is 0.305 e. The first-order chi connectivity index (χ1) is 40.5. The normalized spacial score (nSPS) is 12.6. The minimum absolute atomic E-state index is 0.0164. The molecule has 0 aliphatic carbocycles. The summed E-state index contributed by atoms with van der Waals surface area (Å²) >= 11 is 0. The van der Waals surface area contributed by atoms with Gasteiger partial charge >= 0.3 is 5.97 Å². The zero-order valence-corrected chi connectivity index (χ0v) is 55.8. The summed E-state index contributed by atoms with van der Waals surface area (Å²) in [6, 6.07) is -0.542. The Morgan fingerprint density at radius 1 is 0.329 bits per heavy atom. The molecule has 0 aliphatic heterocycles. The average Bonchev–Trinajstić information content (AvgIpc) is 3.48. The van der Waals surface area contributed by atoms with Crippen LogP contribution in [0.15, 0.2) is 24.3 Å². The fourth-order valence-electron chi connectivity index (χ4n) is 12.0. The molecule has 0 rings (SSSR count). The van der Waals surface area contributed by atoms with Crippen molar-refractivity contribution in [2.24, 2.45) is 0 Å². The molecule has 0 aliphatic rings. The van der Waals surface area contributed by atoms with Gasteiger partial charge in [-0.15, -0.1) is 0 Å². The highest BCUT2D eigenvalue weighted by molar-refractivity contribution is 5.76. The number of hydrogen-bond donors (Lipinski definition) is 3. The van der Waals surface area contributed by atoms with Gasteiger partial charge in [-0.25, -0.2) is 0 Å². The van der Waals surface area contributed by atoms with Crippen LogP contribution in [0, 0.1) is 0 Å². The van der Waals surface area contributed by atoms with E-state index in [0.717, 1.165) is 38.5 Å². The lowest BCUT2D eigenvalue weighted by atomic mass is 10.0. The van der Waals surface area contributed by atoms with Crippen LogP contribution in [0.5, 0.6) is 0 Å². The average molecular weight is 1160 g/mol. The van der Waals surface area contributed by atoms with E-state index in [4.69, 9.17) is 4.74 Å². The van der Waals surface area contributed by atoms with Gasteiger partial charge in [0.15, 0.2) is 0 Å². The molecule has 3 N–H and O–H groups in total. The lowest BCUT2D eigenvalue weighted by Gasteiger charge is -2.22. The molecule has 0 bridgehead atoms. The molecule has 2 atom stereocenters. The minimum Gasteiger partial charge on any atom is -0.466 e. The summed E-state index contributed by atoms with van der Waals surface area (Å²) in [5.41, 5.74) is 0. The van der Waals surface area contributed by atoms with Gasteiger partial charge in [0.1, 0.15) is 0 Å². The van der Waals surface area contributed by atoms with E-state index in [0.29, 0.717) is 25.9 Å². The molecule has 0 heterocycles. The topological polar surface area (TPSA) is 95.9 Å². The molecule has 1 amide bonds. The lowest BCUT2D eigenvalue weighted by Crippen LogP contribution is -2.45. The second-order valence-electron chi connectivity index (χ2n) is 26.0. The number of amides is 1. The summed E-state index contributed by atoms with van der Waals surface area (Å²) in [5, 5.41) is 23.4. The first kappa shape index (κ1) is 80.3. The Labute approximate surface area is 513 Å². The van der Waals surface area contributed by atoms with E-state index < -0.39 is 12.1 Å². The quantitative estimate of drug-likeness (QED) is 0.0320. The van der Waals surface area contributed by atoms with Crippen LogP contribution in [-0.2, 0) is 14.3 Å². The Morgan fingerprint density at radius 3 is 0.866 bits per heavy atom. The third-order valence-electron chi connectivity index (χ3n) is 17.7. The van der Waals surface area contributed by atoms with Crippen LogP contribution < -0.4 is 5.32 Å². The molecule has 0 fully saturated rings. The van der Waals surface area contributed by atoms with Crippen molar-refractivity contribution < 1.29 is 24.5 Å². The fourth-order valence-corrected chi connectivity index (χ4v) is 12.0. The molecule has 2 unspecified atom stereocenters. The smallest absolute Gasteiger partial charge is 0.305 e. The largest absolute Gasteiger partial charge is 0.466 e. The number of esters is 1. The summed E-state index contributed by atoms with van der Waals surface area (Å²) < 4.78 is 5.51. The zero-order chi connectivity index (χ0) is 59.2. The SMILES string of the molecule is CCCCCCCC/C=C\CCCCCCCCCCCC(=O)OCCCCCCCCCCCCCC/C=C\CCCCCCCCCCCCCCC(=O)NC(CO)C(O)CCCCCCCCCCCCCCCCCCCC. The molecule has 486 valence electrons. The van der Waals surface area contributed by atoms with E-state index in [2.05, 4.69) is 43.5 Å². The van der Waals surface area contributed by atoms with Crippen LogP contribution in [-0.4, -0.2) is 47.4 Å². The summed E-state index contributed by atoms with van der Waals surface area (Å²) in [5.74, 6) is -0.0144. The van der Waals surface area contributed by atoms with Crippen molar-refractivity contribution >= 4 is 11.9 Å². The third-order valence-corrected chi connectivity index (χ3v) is 17.7. The molecule has 0 radical (unpaired) electrons. The summed E-state index contributed by atoms with van der Waals surface area (Å²) in [7, 11) is 0. The van der Waals surface area contributed by atoms with Crippen molar-refractivity contribution in [3.05, 3.63) is 24.3 Å². The van der Waals surface area contributed by atoms with Crippen LogP contribution in [0.4, 0.5) is 0 Å². The Morgan fingerprint density at radius 2 is 0.573 bits per heavy atom. The number of aliphatic hydroxyl groups excluding tert-OH is 2. The van der Waals surface area contributed by atoms with E-state index in [-0.39, 0.29) is 18.5 Å². The standard InChI is InChI=1S/C76H147NO5/c1-3-5-7-9-11-13-15-17-19-21-33-38-42-46-50-54-58-62-66-70-76(81)82-71-67-63-59-55-51-47-43-39-35-32-30-28-26-24-23-25-27-29-31-34-37-41-45-49-53-57-61-65-69-75(80)77-73(72-78)74(79)68-64-60-56-52-48-44-40-36-22-20-18-16-14-12-10-8-6-4-2/h17,19,23-24,73-74,78-79H,3-16,18,20-22,25-72H2,1-2H3,(H,77,80)/b19-17-,24-23-. The van der Waals surface area contributed by atoms with Gasteiger partial charge in [-0.05, 0) is 77.0 Å². The predicted molar refractivity (Wildman–Crippen MR) is 361 cm³/mol. The zero-order valence-electron chi connectivity index (χ0n) is 55.8. The molecule has 0 aromatic heterocycles. The van der Waals surface area contributed by atoms with Crippen molar-refractivity contribution in [2.75, 3.05) is 13.2 Å². The molecule has 6 heteroatoms. The van der Waals surface area contributed by atoms with Crippen LogP contribution in [0.1, 0.15) is 425 Å². The number of carbonyl (C=O) groups is 2. The van der Waals surface area contributed by atoms with Crippen LogP contribution in [0.3, 0.4) is 0 Å². The van der Waals surface area contributed by atoms with E-state index in [1.165, 1.54) is 353 Å². The predicted octanol–water partition coefficient (Wildman–Crippen LogP) is 24.5. The van der Waals surface area contributed by atoms with Crippen LogP contribution in [0.2, 0.25) is 0 Å². The Kier molecular flexibility index (Phi) is 70.4. The summed E-state index contributed by atoms with van der Waals surface area (Å²) in [6.45, 7) is 4.99. The third kappa shape index (κ3) is 67.5. The van der Waals surface area contributed by atoms with Crippen molar-refractivity contribution in [1.82, 2.24) is 5.32 Å². The van der Waals surface area contributed by atoms with Gasteiger partial charge in [-0.1, -0.05) is 359 Å². The minimum atomic E-state index is -0.665. The highest BCUT2D eigenvalue weighted by Gasteiger charge is 2.20. The number of hydrogen-bond acceptors (Lipinski definition) is 5. The Bertz CT molecular complexity index is 1280. The van der Waals surface area contributed by atoms with Crippen molar-refractivity contribution in [1.29, 1.82) is 0 Å². The van der Waals surface area contributed by atoms with E-state index in [1.807, 2.05) is 0 Å². The Balaban J connectivity index is 3.36. The van der Waals surface area contributed by atoms with Gasteiger partial charge in [-0.2, -0.15) is 0 Å². The lowest BCUT2D eigenvalue weighted by molar-refractivity contribution is -0.143. The fraction of sp³-hybridized carbons (Fsp3) is 0.921. The van der Waals surface area contributed by atoms with Gasteiger partial charge < -0.3 is 20.3 Å². The Hall–Kier alpha value is -1.66. The highest BCUT2D eigenvalue weighted by Crippen LogP contribution is 2.19. The van der Waals surface area contributed by atoms with E-state index in [1.54, 1.807) is 0 Å². The van der Waals surface area contributed by atoms with Gasteiger partial charge in [0, 0.05) is 12.8 Å². The monoisotopic (exact) mass is 1150 g/mol. The maximum atomic E-state index is 12.5. The summed E-state index contributed by atoms with van der Waals surface area (Å²) in [4.78, 5) is 24.7. The van der Waals surface area contributed by atoms with Gasteiger partial charge in [0.2, 0.25) is 5.91 Å². The molecular formula is C76H147NO5. The number of allylic oxidation sites excluding steroid dienone is 4. The molecule has 0 aromatic carbocycles. The molecule has 0 saturated carbocycles. The molecule has 82 heavy (non-hydrogen) atoms. The van der Waals surface area contributed by atoms with Crippen molar-refractivity contribution in [3.63, 3.8) is 0 Å². The van der Waals surface area contributed by atoms with Crippen LogP contribution in [0.25, 0.3) is 0 Å². The van der Waals surface area contributed by atoms with Crippen molar-refractivity contribution in [3.8, 4) is 0 Å². The second-order valence-corrected chi connectivity index (χ2v) is 26.0. The van der Waals surface area contributed by atoms with Gasteiger partial charge in [0.05, 0.1) is 25.4 Å². The number of aliphatic hydroxyl groups is 2. The molecule has 6 nitrogen and oxygen atoms in total. The van der Waals surface area contributed by atoms with Crippen LogP contribution >= 0.6 is 0 Å². The molecule has 0 aromatic rings.